The highest BCUT2D eigenvalue weighted by atomic mass is 16.5. The first-order valence-corrected chi connectivity index (χ1v) is 6.37. The molecule has 0 saturated heterocycles. The summed E-state index contributed by atoms with van der Waals surface area (Å²) in [5.74, 6) is 2.59. The van der Waals surface area contributed by atoms with Crippen LogP contribution in [0.25, 0.3) is 0 Å². The van der Waals surface area contributed by atoms with Crippen LogP contribution in [0.1, 0.15) is 63.1 Å². The zero-order valence-corrected chi connectivity index (χ0v) is 9.78. The van der Waals surface area contributed by atoms with E-state index in [-0.39, 0.29) is 5.54 Å². The number of nitrogens with zero attached hydrogens (tertiary/aromatic N) is 2. The normalized spacial score (nSPS) is 34.5. The van der Waals surface area contributed by atoms with Gasteiger partial charge in [0, 0.05) is 5.92 Å². The summed E-state index contributed by atoms with van der Waals surface area (Å²) in [6, 6.07) is 0. The number of hydrogen-bond acceptors (Lipinski definition) is 4. The number of nitrogens with two attached hydrogens (primary N) is 1. The van der Waals surface area contributed by atoms with Crippen LogP contribution >= 0.6 is 0 Å². The van der Waals surface area contributed by atoms with Crippen molar-refractivity contribution in [2.75, 3.05) is 0 Å². The van der Waals surface area contributed by atoms with E-state index in [1.165, 1.54) is 25.7 Å². The highest BCUT2D eigenvalue weighted by Gasteiger charge is 2.44. The lowest BCUT2D eigenvalue weighted by atomic mass is 9.85. The second-order valence-corrected chi connectivity index (χ2v) is 5.27. The second-order valence-electron chi connectivity index (χ2n) is 5.27. The summed E-state index contributed by atoms with van der Waals surface area (Å²) < 4.78 is 5.32. The first-order chi connectivity index (χ1) is 7.74. The van der Waals surface area contributed by atoms with Crippen LogP contribution in [0.15, 0.2) is 4.52 Å². The average Bonchev–Trinajstić information content (AvgIpc) is 2.89. The van der Waals surface area contributed by atoms with Gasteiger partial charge in [0.05, 0.1) is 5.54 Å². The molecule has 0 amide bonds. The maximum absolute atomic E-state index is 6.48. The van der Waals surface area contributed by atoms with Crippen molar-refractivity contribution in [3.63, 3.8) is 0 Å². The van der Waals surface area contributed by atoms with Crippen LogP contribution in [-0.2, 0) is 5.54 Å². The highest BCUT2D eigenvalue weighted by molar-refractivity contribution is 5.12. The summed E-state index contributed by atoms with van der Waals surface area (Å²) in [5, 5.41) is 4.12. The average molecular weight is 221 g/mol. The van der Waals surface area contributed by atoms with Gasteiger partial charge >= 0.3 is 0 Å². The van der Waals surface area contributed by atoms with E-state index in [0.717, 1.165) is 24.6 Å². The van der Waals surface area contributed by atoms with Crippen LogP contribution in [0.3, 0.4) is 0 Å². The van der Waals surface area contributed by atoms with Gasteiger partial charge in [-0.2, -0.15) is 4.98 Å². The molecule has 0 bridgehead atoms. The highest BCUT2D eigenvalue weighted by Crippen LogP contribution is 2.44. The molecule has 4 heteroatoms. The smallest absolute Gasteiger partial charge is 0.229 e. The molecule has 0 spiro atoms. The predicted molar refractivity (Wildman–Crippen MR) is 59.8 cm³/mol. The van der Waals surface area contributed by atoms with Crippen LogP contribution in [0.5, 0.6) is 0 Å². The summed E-state index contributed by atoms with van der Waals surface area (Å²) >= 11 is 0. The minimum Gasteiger partial charge on any atom is -0.339 e. The third-order valence-electron chi connectivity index (χ3n) is 4.15. The largest absolute Gasteiger partial charge is 0.339 e. The minimum atomic E-state index is -0.328. The number of rotatable bonds is 3. The first-order valence-electron chi connectivity index (χ1n) is 6.37. The third-order valence-corrected chi connectivity index (χ3v) is 4.15. The van der Waals surface area contributed by atoms with Crippen LogP contribution in [0, 0.1) is 5.92 Å². The fourth-order valence-electron chi connectivity index (χ4n) is 2.89. The van der Waals surface area contributed by atoms with E-state index in [0.29, 0.717) is 11.8 Å². The van der Waals surface area contributed by atoms with Gasteiger partial charge < -0.3 is 10.3 Å². The summed E-state index contributed by atoms with van der Waals surface area (Å²) in [7, 11) is 0. The molecule has 2 atom stereocenters. The lowest BCUT2D eigenvalue weighted by molar-refractivity contribution is 0.282. The van der Waals surface area contributed by atoms with Crippen molar-refractivity contribution >= 4 is 0 Å². The van der Waals surface area contributed by atoms with Gasteiger partial charge in [-0.1, -0.05) is 24.9 Å². The zero-order valence-electron chi connectivity index (χ0n) is 9.78. The Kier molecular flexibility index (Phi) is 2.28. The molecule has 16 heavy (non-hydrogen) atoms. The molecule has 0 aliphatic heterocycles. The van der Waals surface area contributed by atoms with Crippen molar-refractivity contribution in [2.24, 2.45) is 11.7 Å². The summed E-state index contributed by atoms with van der Waals surface area (Å²) in [6.07, 6.45) is 6.86. The molecule has 2 saturated carbocycles. The molecular formula is C12H19N3O. The molecule has 4 nitrogen and oxygen atoms in total. The summed E-state index contributed by atoms with van der Waals surface area (Å²) in [5.41, 5.74) is 6.16. The molecule has 0 radical (unpaired) electrons. The molecule has 2 N–H and O–H groups in total. The van der Waals surface area contributed by atoms with E-state index in [2.05, 4.69) is 17.1 Å². The van der Waals surface area contributed by atoms with Crippen LogP contribution < -0.4 is 5.73 Å². The molecular weight excluding hydrogens is 202 g/mol. The van der Waals surface area contributed by atoms with Crippen molar-refractivity contribution in [3.8, 4) is 0 Å². The molecule has 2 fully saturated rings. The Balaban J connectivity index is 1.88. The molecule has 1 aromatic rings. The lowest BCUT2D eigenvalue weighted by Crippen LogP contribution is -2.41. The van der Waals surface area contributed by atoms with E-state index in [1.807, 2.05) is 0 Å². The predicted octanol–water partition coefficient (Wildman–Crippen LogP) is 2.31. The molecule has 1 aromatic heterocycles. The van der Waals surface area contributed by atoms with E-state index in [4.69, 9.17) is 10.3 Å². The second kappa shape index (κ2) is 3.55. The Labute approximate surface area is 95.6 Å². The Morgan fingerprint density at radius 3 is 2.94 bits per heavy atom. The molecule has 2 unspecified atom stereocenters. The van der Waals surface area contributed by atoms with Gasteiger partial charge in [0.2, 0.25) is 5.89 Å². The van der Waals surface area contributed by atoms with Gasteiger partial charge in [0.25, 0.3) is 0 Å². The van der Waals surface area contributed by atoms with Gasteiger partial charge in [-0.25, -0.2) is 0 Å². The maximum atomic E-state index is 6.48. The van der Waals surface area contributed by atoms with Crippen LogP contribution in [0.4, 0.5) is 0 Å². The Morgan fingerprint density at radius 1 is 1.44 bits per heavy atom. The van der Waals surface area contributed by atoms with Crippen LogP contribution in [0.2, 0.25) is 0 Å². The zero-order chi connectivity index (χ0) is 11.2. The van der Waals surface area contributed by atoms with Crippen molar-refractivity contribution < 1.29 is 4.52 Å². The fraction of sp³-hybridized carbons (Fsp3) is 0.833. The van der Waals surface area contributed by atoms with E-state index in [1.54, 1.807) is 0 Å². The van der Waals surface area contributed by atoms with E-state index < -0.39 is 0 Å². The molecule has 1 heterocycles. The molecule has 2 aliphatic rings. The molecule has 2 aliphatic carbocycles. The monoisotopic (exact) mass is 221 g/mol. The van der Waals surface area contributed by atoms with Gasteiger partial charge in [0.15, 0.2) is 5.82 Å². The van der Waals surface area contributed by atoms with Crippen molar-refractivity contribution in [3.05, 3.63) is 11.7 Å². The van der Waals surface area contributed by atoms with Crippen molar-refractivity contribution in [1.82, 2.24) is 10.1 Å². The van der Waals surface area contributed by atoms with E-state index in [9.17, 15) is 0 Å². The fourth-order valence-corrected chi connectivity index (χ4v) is 2.89. The molecule has 88 valence electrons. The minimum absolute atomic E-state index is 0.328. The lowest BCUT2D eigenvalue weighted by Gasteiger charge is -2.26. The molecule has 3 rings (SSSR count). The van der Waals surface area contributed by atoms with Crippen LogP contribution in [-0.4, -0.2) is 10.1 Å². The Bertz CT molecular complexity index is 385. The Hall–Kier alpha value is -0.900. The quantitative estimate of drug-likeness (QED) is 0.850. The van der Waals surface area contributed by atoms with Gasteiger partial charge in [-0.3, -0.25) is 0 Å². The molecule has 0 aromatic carbocycles. The SMILES string of the molecule is CCC1CCCC1(N)c1noc(C2CC2)n1. The number of hydrogen-bond donors (Lipinski definition) is 1. The third kappa shape index (κ3) is 1.47. The van der Waals surface area contributed by atoms with Gasteiger partial charge in [0.1, 0.15) is 0 Å². The van der Waals surface area contributed by atoms with Gasteiger partial charge in [-0.05, 0) is 31.6 Å². The van der Waals surface area contributed by atoms with Crippen molar-refractivity contribution in [1.29, 1.82) is 0 Å². The summed E-state index contributed by atoms with van der Waals surface area (Å²) in [4.78, 5) is 4.52. The summed E-state index contributed by atoms with van der Waals surface area (Å²) in [6.45, 7) is 2.19. The topological polar surface area (TPSA) is 64.9 Å². The maximum Gasteiger partial charge on any atom is 0.229 e. The Morgan fingerprint density at radius 2 is 2.25 bits per heavy atom. The first kappa shape index (κ1) is 10.3. The van der Waals surface area contributed by atoms with E-state index >= 15 is 0 Å². The van der Waals surface area contributed by atoms with Gasteiger partial charge in [-0.15, -0.1) is 0 Å². The number of aromatic nitrogens is 2. The van der Waals surface area contributed by atoms with Crippen molar-refractivity contribution in [2.45, 2.75) is 56.9 Å². The standard InChI is InChI=1S/C12H19N3O/c1-2-9-4-3-7-12(9,13)11-14-10(16-15-11)8-5-6-8/h8-9H,2-7,13H2,1H3.